The molecule has 3 aromatic rings. The second-order valence-corrected chi connectivity index (χ2v) is 8.44. The van der Waals surface area contributed by atoms with Gasteiger partial charge in [0.1, 0.15) is 0 Å². The first-order valence-corrected chi connectivity index (χ1v) is 11.1. The summed E-state index contributed by atoms with van der Waals surface area (Å²) in [6, 6.07) is 26.1. The second-order valence-electron chi connectivity index (χ2n) is 5.97. The predicted octanol–water partition coefficient (Wildman–Crippen LogP) is 6.50. The minimum atomic E-state index is 0.00781. The molecule has 0 atom stereocenters. The molecule has 0 aliphatic heterocycles. The fraction of sp³-hybridized carbons (Fsp3) is 0.136. The number of halogens is 1. The highest BCUT2D eigenvalue weighted by Crippen LogP contribution is 2.23. The van der Waals surface area contributed by atoms with Gasteiger partial charge in [-0.05, 0) is 47.5 Å². The van der Waals surface area contributed by atoms with E-state index in [0.717, 1.165) is 27.8 Å². The molecule has 27 heavy (non-hydrogen) atoms. The van der Waals surface area contributed by atoms with E-state index in [0.29, 0.717) is 5.75 Å². The number of carbonyl (C=O) groups excluding carboxylic acids is 1. The lowest BCUT2D eigenvalue weighted by Gasteiger charge is -2.07. The van der Waals surface area contributed by atoms with Crippen molar-refractivity contribution >= 4 is 46.7 Å². The topological polar surface area (TPSA) is 29.1 Å². The highest BCUT2D eigenvalue weighted by molar-refractivity contribution is 7.99. The molecule has 0 bridgehead atoms. The predicted molar refractivity (Wildman–Crippen MR) is 119 cm³/mol. The molecule has 0 heterocycles. The first-order chi connectivity index (χ1) is 13.2. The average molecular weight is 414 g/mol. The first-order valence-electron chi connectivity index (χ1n) is 8.58. The lowest BCUT2D eigenvalue weighted by atomic mass is 10.2. The molecule has 0 aromatic heterocycles. The van der Waals surface area contributed by atoms with E-state index < -0.39 is 0 Å². The van der Waals surface area contributed by atoms with Gasteiger partial charge in [0.2, 0.25) is 5.91 Å². The van der Waals surface area contributed by atoms with Crippen molar-refractivity contribution in [3.63, 3.8) is 0 Å². The molecule has 3 rings (SSSR count). The van der Waals surface area contributed by atoms with Gasteiger partial charge in [0.05, 0.1) is 5.75 Å². The minimum Gasteiger partial charge on any atom is -0.325 e. The molecule has 0 radical (unpaired) electrons. The second kappa shape index (κ2) is 10.5. The molecule has 5 heteroatoms. The molecule has 0 unspecified atom stereocenters. The maximum atomic E-state index is 12.1. The van der Waals surface area contributed by atoms with Gasteiger partial charge < -0.3 is 5.32 Å². The number of anilines is 1. The number of hydrogen-bond donors (Lipinski definition) is 1. The Kier molecular flexibility index (Phi) is 7.69. The first kappa shape index (κ1) is 19.9. The molecule has 3 aromatic carbocycles. The Morgan fingerprint density at radius 2 is 1.63 bits per heavy atom. The number of nitrogens with one attached hydrogen (secondary N) is 1. The fourth-order valence-corrected chi connectivity index (χ4v) is 4.32. The molecule has 138 valence electrons. The SMILES string of the molecule is O=C(CSCc1cccc(Cl)c1)Nc1ccc(CSc2ccccc2)cc1. The zero-order valence-corrected chi connectivity index (χ0v) is 17.1. The third-order valence-corrected chi connectivity index (χ3v) is 6.10. The third-order valence-electron chi connectivity index (χ3n) is 3.78. The van der Waals surface area contributed by atoms with Crippen molar-refractivity contribution in [2.75, 3.05) is 11.1 Å². The lowest BCUT2D eigenvalue weighted by molar-refractivity contribution is -0.113. The summed E-state index contributed by atoms with van der Waals surface area (Å²) in [5.41, 5.74) is 3.19. The Bertz CT molecular complexity index is 869. The van der Waals surface area contributed by atoms with E-state index in [9.17, 15) is 4.79 Å². The van der Waals surface area contributed by atoms with Gasteiger partial charge in [-0.2, -0.15) is 0 Å². The van der Waals surface area contributed by atoms with E-state index in [2.05, 4.69) is 29.6 Å². The van der Waals surface area contributed by atoms with Crippen LogP contribution >= 0.6 is 35.1 Å². The number of thioether (sulfide) groups is 2. The summed E-state index contributed by atoms with van der Waals surface area (Å²) in [6.45, 7) is 0. The van der Waals surface area contributed by atoms with Crippen LogP contribution in [0.4, 0.5) is 5.69 Å². The summed E-state index contributed by atoms with van der Waals surface area (Å²) in [7, 11) is 0. The van der Waals surface area contributed by atoms with Crippen molar-refractivity contribution in [2.24, 2.45) is 0 Å². The van der Waals surface area contributed by atoms with Gasteiger partial charge in [-0.1, -0.05) is 54.1 Å². The van der Waals surface area contributed by atoms with Crippen LogP contribution in [-0.4, -0.2) is 11.7 Å². The van der Waals surface area contributed by atoms with E-state index in [1.807, 2.05) is 54.6 Å². The van der Waals surface area contributed by atoms with E-state index in [1.165, 1.54) is 10.5 Å². The van der Waals surface area contributed by atoms with Crippen LogP contribution < -0.4 is 5.32 Å². The Morgan fingerprint density at radius 1 is 0.852 bits per heavy atom. The number of hydrogen-bond acceptors (Lipinski definition) is 3. The molecular formula is C22H20ClNOS2. The fourth-order valence-electron chi connectivity index (χ4n) is 2.45. The summed E-state index contributed by atoms with van der Waals surface area (Å²) in [5.74, 6) is 2.10. The summed E-state index contributed by atoms with van der Waals surface area (Å²) < 4.78 is 0. The normalized spacial score (nSPS) is 10.6. The van der Waals surface area contributed by atoms with Gasteiger partial charge in [0.15, 0.2) is 0 Å². The molecule has 0 fully saturated rings. The van der Waals surface area contributed by atoms with Gasteiger partial charge in [-0.15, -0.1) is 23.5 Å². The Morgan fingerprint density at radius 3 is 2.37 bits per heavy atom. The molecule has 2 nitrogen and oxygen atoms in total. The maximum absolute atomic E-state index is 12.1. The van der Waals surface area contributed by atoms with Gasteiger partial charge >= 0.3 is 0 Å². The molecule has 1 amide bonds. The van der Waals surface area contributed by atoms with Gasteiger partial charge in [-0.25, -0.2) is 0 Å². The van der Waals surface area contributed by atoms with Crippen LogP contribution in [0.3, 0.4) is 0 Å². The molecule has 1 N–H and O–H groups in total. The molecule has 0 saturated heterocycles. The summed E-state index contributed by atoms with van der Waals surface area (Å²) >= 11 is 9.35. The van der Waals surface area contributed by atoms with Crippen LogP contribution in [0.5, 0.6) is 0 Å². The monoisotopic (exact) mass is 413 g/mol. The van der Waals surface area contributed by atoms with Crippen molar-refractivity contribution in [3.8, 4) is 0 Å². The van der Waals surface area contributed by atoms with Gasteiger partial charge in [-0.3, -0.25) is 4.79 Å². The summed E-state index contributed by atoms with van der Waals surface area (Å²) in [5, 5.41) is 3.67. The Labute approximate surface area is 173 Å². The zero-order chi connectivity index (χ0) is 18.9. The minimum absolute atomic E-state index is 0.00781. The van der Waals surface area contributed by atoms with Crippen molar-refractivity contribution < 1.29 is 4.79 Å². The van der Waals surface area contributed by atoms with E-state index in [-0.39, 0.29) is 5.91 Å². The zero-order valence-electron chi connectivity index (χ0n) is 14.7. The maximum Gasteiger partial charge on any atom is 0.234 e. The van der Waals surface area contributed by atoms with Crippen molar-refractivity contribution in [1.82, 2.24) is 0 Å². The highest BCUT2D eigenvalue weighted by atomic mass is 35.5. The number of amides is 1. The summed E-state index contributed by atoms with van der Waals surface area (Å²) in [6.07, 6.45) is 0. The van der Waals surface area contributed by atoms with E-state index >= 15 is 0 Å². The molecule has 0 aliphatic carbocycles. The summed E-state index contributed by atoms with van der Waals surface area (Å²) in [4.78, 5) is 13.4. The number of carbonyl (C=O) groups is 1. The third kappa shape index (κ3) is 6.98. The van der Waals surface area contributed by atoms with Crippen molar-refractivity contribution in [2.45, 2.75) is 16.4 Å². The smallest absolute Gasteiger partial charge is 0.234 e. The van der Waals surface area contributed by atoms with E-state index in [4.69, 9.17) is 11.6 Å². The van der Waals surface area contributed by atoms with Gasteiger partial charge in [0, 0.05) is 27.1 Å². The molecule has 0 aliphatic rings. The highest BCUT2D eigenvalue weighted by Gasteiger charge is 2.04. The van der Waals surface area contributed by atoms with Crippen molar-refractivity contribution in [1.29, 1.82) is 0 Å². The number of benzene rings is 3. The Balaban J connectivity index is 1.41. The van der Waals surface area contributed by atoms with Crippen LogP contribution in [0.25, 0.3) is 0 Å². The molecule has 0 saturated carbocycles. The van der Waals surface area contributed by atoms with Crippen LogP contribution in [-0.2, 0) is 16.3 Å². The average Bonchev–Trinajstić information content (AvgIpc) is 2.68. The van der Waals surface area contributed by atoms with Crippen LogP contribution in [0, 0.1) is 0 Å². The van der Waals surface area contributed by atoms with Gasteiger partial charge in [0.25, 0.3) is 0 Å². The largest absolute Gasteiger partial charge is 0.325 e. The lowest BCUT2D eigenvalue weighted by Crippen LogP contribution is -2.14. The molecule has 0 spiro atoms. The molecular weight excluding hydrogens is 394 g/mol. The Hall–Kier alpha value is -1.88. The van der Waals surface area contributed by atoms with Crippen LogP contribution in [0.15, 0.2) is 83.8 Å². The van der Waals surface area contributed by atoms with Crippen LogP contribution in [0.1, 0.15) is 11.1 Å². The number of rotatable bonds is 8. The van der Waals surface area contributed by atoms with Crippen LogP contribution in [0.2, 0.25) is 5.02 Å². The van der Waals surface area contributed by atoms with E-state index in [1.54, 1.807) is 23.5 Å². The van der Waals surface area contributed by atoms with Crippen molar-refractivity contribution in [3.05, 3.63) is 95.0 Å². The standard InChI is InChI=1S/C22H20ClNOS2/c23-19-6-4-5-18(13-19)14-26-16-22(25)24-20-11-9-17(10-12-20)15-27-21-7-2-1-3-8-21/h1-13H,14-16H2,(H,24,25). The quantitative estimate of drug-likeness (QED) is 0.427.